The van der Waals surface area contributed by atoms with Gasteiger partial charge >= 0.3 is 0 Å². The number of hydrogen-bond acceptors (Lipinski definition) is 3. The number of azide groups is 1. The SMILES string of the molecule is [N-]=[N+]=NCCN1C[C@H]2COC[C@@H]2C1. The first kappa shape index (κ1) is 8.81. The molecule has 0 amide bonds. The average Bonchev–Trinajstić information content (AvgIpc) is 2.64. The van der Waals surface area contributed by atoms with Gasteiger partial charge in [-0.25, -0.2) is 0 Å². The highest BCUT2D eigenvalue weighted by Gasteiger charge is 2.36. The third kappa shape index (κ3) is 1.94. The molecule has 2 saturated heterocycles. The molecule has 2 aliphatic rings. The van der Waals surface area contributed by atoms with Crippen LogP contribution in [-0.4, -0.2) is 44.3 Å². The van der Waals surface area contributed by atoms with E-state index in [0.717, 1.165) is 44.7 Å². The lowest BCUT2D eigenvalue weighted by atomic mass is 10.0. The molecule has 2 rings (SSSR count). The second-order valence-corrected chi connectivity index (χ2v) is 3.77. The molecule has 0 spiro atoms. The van der Waals surface area contributed by atoms with Crippen LogP contribution in [-0.2, 0) is 4.74 Å². The van der Waals surface area contributed by atoms with E-state index in [-0.39, 0.29) is 0 Å². The molecule has 0 aromatic carbocycles. The van der Waals surface area contributed by atoms with Gasteiger partial charge in [-0.15, -0.1) is 0 Å². The lowest BCUT2D eigenvalue weighted by Crippen LogP contribution is -2.25. The molecule has 0 N–H and O–H groups in total. The Kier molecular flexibility index (Phi) is 2.68. The van der Waals surface area contributed by atoms with Gasteiger partial charge in [0.05, 0.1) is 13.2 Å². The summed E-state index contributed by atoms with van der Waals surface area (Å²) in [6, 6.07) is 0. The maximum absolute atomic E-state index is 8.12. The van der Waals surface area contributed by atoms with Gasteiger partial charge in [-0.1, -0.05) is 5.11 Å². The maximum Gasteiger partial charge on any atom is 0.0510 e. The monoisotopic (exact) mass is 182 g/mol. The zero-order valence-corrected chi connectivity index (χ0v) is 7.59. The van der Waals surface area contributed by atoms with Gasteiger partial charge in [0.2, 0.25) is 0 Å². The fourth-order valence-electron chi connectivity index (χ4n) is 2.20. The molecule has 72 valence electrons. The van der Waals surface area contributed by atoms with Crippen LogP contribution >= 0.6 is 0 Å². The molecular formula is C8H14N4O. The van der Waals surface area contributed by atoms with Gasteiger partial charge in [0, 0.05) is 42.9 Å². The topological polar surface area (TPSA) is 61.2 Å². The van der Waals surface area contributed by atoms with Crippen LogP contribution in [0, 0.1) is 11.8 Å². The van der Waals surface area contributed by atoms with E-state index in [1.54, 1.807) is 0 Å². The minimum absolute atomic E-state index is 0.594. The molecule has 0 aromatic heterocycles. The van der Waals surface area contributed by atoms with Crippen LogP contribution in [0.25, 0.3) is 10.4 Å². The highest BCUT2D eigenvalue weighted by Crippen LogP contribution is 2.28. The van der Waals surface area contributed by atoms with Crippen molar-refractivity contribution in [3.8, 4) is 0 Å². The van der Waals surface area contributed by atoms with Crippen molar-refractivity contribution in [2.45, 2.75) is 0 Å². The first-order valence-corrected chi connectivity index (χ1v) is 4.71. The van der Waals surface area contributed by atoms with Gasteiger partial charge in [0.1, 0.15) is 0 Å². The Labute approximate surface area is 77.3 Å². The molecule has 2 atom stereocenters. The molecule has 0 saturated carbocycles. The van der Waals surface area contributed by atoms with E-state index in [2.05, 4.69) is 14.9 Å². The van der Waals surface area contributed by atoms with E-state index in [1.807, 2.05) is 0 Å². The minimum Gasteiger partial charge on any atom is -0.381 e. The van der Waals surface area contributed by atoms with Gasteiger partial charge in [0.15, 0.2) is 0 Å². The first-order chi connectivity index (χ1) is 6.40. The number of likely N-dealkylation sites (tertiary alicyclic amines) is 1. The lowest BCUT2D eigenvalue weighted by Gasteiger charge is -2.14. The van der Waals surface area contributed by atoms with Crippen molar-refractivity contribution in [2.75, 3.05) is 39.4 Å². The largest absolute Gasteiger partial charge is 0.381 e. The average molecular weight is 182 g/mol. The Morgan fingerprint density at radius 3 is 2.69 bits per heavy atom. The van der Waals surface area contributed by atoms with E-state index < -0.39 is 0 Å². The fraction of sp³-hybridized carbons (Fsp3) is 1.00. The van der Waals surface area contributed by atoms with E-state index in [4.69, 9.17) is 10.3 Å². The van der Waals surface area contributed by atoms with Crippen molar-refractivity contribution < 1.29 is 4.74 Å². The molecule has 2 heterocycles. The highest BCUT2D eigenvalue weighted by atomic mass is 16.5. The van der Waals surface area contributed by atoms with Crippen molar-refractivity contribution in [3.05, 3.63) is 10.4 Å². The summed E-state index contributed by atoms with van der Waals surface area (Å²) >= 11 is 0. The standard InChI is InChI=1S/C8H14N4O/c9-11-10-1-2-12-3-7-5-13-6-8(7)4-12/h7-8H,1-6H2/t7-,8-/m0/s1. The number of fused-ring (bicyclic) bond motifs is 1. The first-order valence-electron chi connectivity index (χ1n) is 4.71. The number of ether oxygens (including phenoxy) is 1. The molecule has 2 fully saturated rings. The van der Waals surface area contributed by atoms with E-state index in [1.165, 1.54) is 0 Å². The Hall–Kier alpha value is -0.770. The summed E-state index contributed by atoms with van der Waals surface area (Å²) in [6.07, 6.45) is 0. The molecule has 0 aromatic rings. The summed E-state index contributed by atoms with van der Waals surface area (Å²) in [6.45, 7) is 5.57. The molecule has 0 bridgehead atoms. The van der Waals surface area contributed by atoms with Crippen LogP contribution in [0.3, 0.4) is 0 Å². The van der Waals surface area contributed by atoms with E-state index in [0.29, 0.717) is 6.54 Å². The summed E-state index contributed by atoms with van der Waals surface area (Å²) in [5.74, 6) is 1.46. The molecule has 5 heteroatoms. The van der Waals surface area contributed by atoms with E-state index in [9.17, 15) is 0 Å². The number of rotatable bonds is 3. The number of nitrogens with zero attached hydrogens (tertiary/aromatic N) is 4. The minimum atomic E-state index is 0.594. The zero-order chi connectivity index (χ0) is 9.10. The predicted molar refractivity (Wildman–Crippen MR) is 48.3 cm³/mol. The Morgan fingerprint density at radius 2 is 2.08 bits per heavy atom. The van der Waals surface area contributed by atoms with Crippen LogP contribution < -0.4 is 0 Å². The van der Waals surface area contributed by atoms with Crippen LogP contribution in [0.2, 0.25) is 0 Å². The maximum atomic E-state index is 8.12. The molecule has 5 nitrogen and oxygen atoms in total. The fourth-order valence-corrected chi connectivity index (χ4v) is 2.20. The second kappa shape index (κ2) is 3.96. The predicted octanol–water partition coefficient (Wildman–Crippen LogP) is 0.875. The summed E-state index contributed by atoms with van der Waals surface area (Å²) < 4.78 is 5.38. The van der Waals surface area contributed by atoms with Gasteiger partial charge < -0.3 is 9.64 Å². The molecule has 2 aliphatic heterocycles. The Balaban J connectivity index is 1.75. The highest BCUT2D eigenvalue weighted by molar-refractivity contribution is 4.87. The number of hydrogen-bond donors (Lipinski definition) is 0. The van der Waals surface area contributed by atoms with Crippen molar-refractivity contribution >= 4 is 0 Å². The third-order valence-electron chi connectivity index (χ3n) is 2.90. The molecule has 0 unspecified atom stereocenters. The third-order valence-corrected chi connectivity index (χ3v) is 2.90. The summed E-state index contributed by atoms with van der Waals surface area (Å²) in [4.78, 5) is 5.11. The summed E-state index contributed by atoms with van der Waals surface area (Å²) in [5.41, 5.74) is 8.12. The zero-order valence-electron chi connectivity index (χ0n) is 7.59. The Bertz CT molecular complexity index is 214. The second-order valence-electron chi connectivity index (χ2n) is 3.77. The van der Waals surface area contributed by atoms with Crippen molar-refractivity contribution in [2.24, 2.45) is 17.0 Å². The van der Waals surface area contributed by atoms with Crippen molar-refractivity contribution in [1.29, 1.82) is 0 Å². The molecule has 0 radical (unpaired) electrons. The van der Waals surface area contributed by atoms with Crippen LogP contribution in [0.5, 0.6) is 0 Å². The van der Waals surface area contributed by atoms with Crippen molar-refractivity contribution in [1.82, 2.24) is 4.90 Å². The smallest absolute Gasteiger partial charge is 0.0510 e. The van der Waals surface area contributed by atoms with Crippen molar-refractivity contribution in [3.63, 3.8) is 0 Å². The van der Waals surface area contributed by atoms with Gasteiger partial charge in [-0.05, 0) is 5.53 Å². The van der Waals surface area contributed by atoms with Crippen LogP contribution in [0.15, 0.2) is 5.11 Å². The van der Waals surface area contributed by atoms with E-state index >= 15 is 0 Å². The quantitative estimate of drug-likeness (QED) is 0.369. The van der Waals surface area contributed by atoms with Crippen LogP contribution in [0.1, 0.15) is 0 Å². The summed E-state index contributed by atoms with van der Waals surface area (Å²) in [5, 5.41) is 3.54. The molecule has 0 aliphatic carbocycles. The summed E-state index contributed by atoms with van der Waals surface area (Å²) in [7, 11) is 0. The van der Waals surface area contributed by atoms with Gasteiger partial charge in [-0.2, -0.15) is 0 Å². The Morgan fingerprint density at radius 1 is 1.38 bits per heavy atom. The molecular weight excluding hydrogens is 168 g/mol. The van der Waals surface area contributed by atoms with Gasteiger partial charge in [0.25, 0.3) is 0 Å². The van der Waals surface area contributed by atoms with Gasteiger partial charge in [-0.3, -0.25) is 0 Å². The lowest BCUT2D eigenvalue weighted by molar-refractivity contribution is 0.155. The van der Waals surface area contributed by atoms with Crippen LogP contribution in [0.4, 0.5) is 0 Å². The molecule has 13 heavy (non-hydrogen) atoms. The normalized spacial score (nSPS) is 32.9.